The smallest absolute Gasteiger partial charge is 0.518 e. The molecule has 15 heavy (non-hydrogen) atoms. The lowest BCUT2D eigenvalue weighted by Gasteiger charge is -2.10. The minimum atomic E-state index is -5.66. The molecular formula is C7H11F3NO3S-. The van der Waals surface area contributed by atoms with Gasteiger partial charge in [-0.25, -0.2) is 0 Å². The van der Waals surface area contributed by atoms with E-state index in [1.54, 1.807) is 0 Å². The zero-order valence-electron chi connectivity index (χ0n) is 8.04. The van der Waals surface area contributed by atoms with Crippen LogP contribution in [0.1, 0.15) is 32.6 Å². The number of sulfonamides is 1. The first kappa shape index (κ1) is 14.2. The summed E-state index contributed by atoms with van der Waals surface area (Å²) in [5.41, 5.74) is -5.49. The van der Waals surface area contributed by atoms with Gasteiger partial charge in [0, 0.05) is 0 Å². The van der Waals surface area contributed by atoms with Gasteiger partial charge in [0.25, 0.3) is 0 Å². The molecule has 0 heterocycles. The van der Waals surface area contributed by atoms with Crippen molar-refractivity contribution in [3.8, 4) is 0 Å². The summed E-state index contributed by atoms with van der Waals surface area (Å²) in [5, 5.41) is 10.7. The van der Waals surface area contributed by atoms with Gasteiger partial charge in [0.2, 0.25) is 0 Å². The van der Waals surface area contributed by atoms with Gasteiger partial charge >= 0.3 is 15.5 Å². The molecule has 0 rings (SSSR count). The molecule has 0 fully saturated rings. The summed E-state index contributed by atoms with van der Waals surface area (Å²) in [5.74, 6) is -1.25. The molecule has 0 aliphatic heterocycles. The molecule has 0 atom stereocenters. The van der Waals surface area contributed by atoms with E-state index in [0.29, 0.717) is 12.8 Å². The van der Waals surface area contributed by atoms with Crippen molar-refractivity contribution in [2.24, 2.45) is 4.40 Å². The monoisotopic (exact) mass is 246 g/mol. The molecule has 0 N–H and O–H groups in total. The van der Waals surface area contributed by atoms with Gasteiger partial charge in [-0.3, -0.25) is 0 Å². The molecule has 0 aromatic heterocycles. The molecule has 0 saturated carbocycles. The van der Waals surface area contributed by atoms with Crippen LogP contribution in [0, 0.1) is 0 Å². The zero-order chi connectivity index (χ0) is 12.1. The lowest BCUT2D eigenvalue weighted by Crippen LogP contribution is -2.26. The Morgan fingerprint density at radius 1 is 1.33 bits per heavy atom. The summed E-state index contributed by atoms with van der Waals surface area (Å²) in [7, 11) is -5.66. The average molecular weight is 246 g/mol. The minimum Gasteiger partial charge on any atom is -0.861 e. The van der Waals surface area contributed by atoms with Crippen LogP contribution in [0.15, 0.2) is 4.40 Å². The second-order valence-corrected chi connectivity index (χ2v) is 4.46. The fraction of sp³-hybridized carbons (Fsp3) is 0.857. The first-order chi connectivity index (χ1) is 6.70. The summed E-state index contributed by atoms with van der Waals surface area (Å²) in [6, 6.07) is 0. The summed E-state index contributed by atoms with van der Waals surface area (Å²) >= 11 is 0. The Morgan fingerprint density at radius 3 is 2.27 bits per heavy atom. The second kappa shape index (κ2) is 5.34. The molecule has 0 radical (unpaired) electrons. The van der Waals surface area contributed by atoms with Gasteiger partial charge < -0.3 is 5.11 Å². The van der Waals surface area contributed by atoms with E-state index in [9.17, 15) is 26.7 Å². The van der Waals surface area contributed by atoms with Crippen LogP contribution in [0.3, 0.4) is 0 Å². The van der Waals surface area contributed by atoms with E-state index in [-0.39, 0.29) is 6.42 Å². The topological polar surface area (TPSA) is 69.6 Å². The normalized spacial score (nSPS) is 14.3. The highest BCUT2D eigenvalue weighted by Gasteiger charge is 2.45. The van der Waals surface area contributed by atoms with Crippen LogP contribution in [0.5, 0.6) is 0 Å². The maximum absolute atomic E-state index is 11.7. The number of alkyl halides is 3. The summed E-state index contributed by atoms with van der Waals surface area (Å²) in [4.78, 5) is 0. The summed E-state index contributed by atoms with van der Waals surface area (Å²) < 4.78 is 58.2. The molecule has 0 bridgehead atoms. The Bertz CT molecular complexity index is 321. The van der Waals surface area contributed by atoms with Crippen LogP contribution in [-0.4, -0.2) is 19.8 Å². The van der Waals surface area contributed by atoms with E-state index >= 15 is 0 Å². The lowest BCUT2D eigenvalue weighted by molar-refractivity contribution is -0.218. The molecule has 8 heteroatoms. The van der Waals surface area contributed by atoms with Crippen molar-refractivity contribution in [1.82, 2.24) is 0 Å². The van der Waals surface area contributed by atoms with Gasteiger partial charge in [0.1, 0.15) is 0 Å². The average Bonchev–Trinajstić information content (AvgIpc) is 2.01. The van der Waals surface area contributed by atoms with E-state index in [0.717, 1.165) is 6.42 Å². The Balaban J connectivity index is 4.48. The fourth-order valence-electron chi connectivity index (χ4n) is 0.758. The predicted molar refractivity (Wildman–Crippen MR) is 46.6 cm³/mol. The van der Waals surface area contributed by atoms with E-state index in [1.807, 2.05) is 6.92 Å². The number of hydrogen-bond donors (Lipinski definition) is 0. The van der Waals surface area contributed by atoms with Crippen molar-refractivity contribution in [3.05, 3.63) is 0 Å². The first-order valence-corrected chi connectivity index (χ1v) is 5.72. The van der Waals surface area contributed by atoms with Crippen LogP contribution in [-0.2, 0) is 10.0 Å². The first-order valence-electron chi connectivity index (χ1n) is 4.28. The standard InChI is InChI=1S/C7H12F3NO3S/c1-2-3-4-5-6(12)11-15(13,14)7(8,9)10/h2-5H2,1H3,(H,11,12)/p-1. The SMILES string of the molecule is CCCCC/C([O-])=N/S(=O)(=O)C(F)(F)F. The van der Waals surface area contributed by atoms with Crippen LogP contribution in [0.2, 0.25) is 0 Å². The van der Waals surface area contributed by atoms with Crippen molar-refractivity contribution in [3.63, 3.8) is 0 Å². The van der Waals surface area contributed by atoms with Crippen LogP contribution >= 0.6 is 0 Å². The highest BCUT2D eigenvalue weighted by atomic mass is 32.2. The van der Waals surface area contributed by atoms with Crippen molar-refractivity contribution >= 4 is 15.9 Å². The third-order valence-electron chi connectivity index (χ3n) is 1.51. The molecule has 0 aromatic rings. The van der Waals surface area contributed by atoms with Gasteiger partial charge in [-0.1, -0.05) is 19.8 Å². The minimum absolute atomic E-state index is 0.275. The van der Waals surface area contributed by atoms with Crippen LogP contribution in [0.4, 0.5) is 13.2 Å². The molecule has 0 aromatic carbocycles. The second-order valence-electron chi connectivity index (χ2n) is 2.86. The molecule has 90 valence electrons. The van der Waals surface area contributed by atoms with Gasteiger partial charge in [-0.05, 0) is 18.7 Å². The third kappa shape index (κ3) is 5.01. The van der Waals surface area contributed by atoms with E-state index in [4.69, 9.17) is 0 Å². The molecule has 0 aliphatic rings. The molecule has 4 nitrogen and oxygen atoms in total. The highest BCUT2D eigenvalue weighted by Crippen LogP contribution is 2.24. The number of nitrogens with zero attached hydrogens (tertiary/aromatic N) is 1. The molecule has 0 saturated heterocycles. The fourth-order valence-corrected chi connectivity index (χ4v) is 1.22. The molecular weight excluding hydrogens is 235 g/mol. The molecule has 0 amide bonds. The summed E-state index contributed by atoms with van der Waals surface area (Å²) in [6.07, 6.45) is 1.49. The van der Waals surface area contributed by atoms with E-state index in [2.05, 4.69) is 4.40 Å². The largest absolute Gasteiger partial charge is 0.861 e. The number of rotatable bonds is 5. The quantitative estimate of drug-likeness (QED) is 0.415. The van der Waals surface area contributed by atoms with Crippen molar-refractivity contribution in [2.45, 2.75) is 38.1 Å². The highest BCUT2D eigenvalue weighted by molar-refractivity contribution is 7.91. The Hall–Kier alpha value is -0.790. The molecule has 0 unspecified atom stereocenters. The predicted octanol–water partition coefficient (Wildman–Crippen LogP) is 1.18. The van der Waals surface area contributed by atoms with Crippen molar-refractivity contribution in [1.29, 1.82) is 0 Å². The van der Waals surface area contributed by atoms with E-state index in [1.165, 1.54) is 0 Å². The van der Waals surface area contributed by atoms with E-state index < -0.39 is 21.4 Å². The number of hydrogen-bond acceptors (Lipinski definition) is 3. The third-order valence-corrected chi connectivity index (χ3v) is 2.54. The number of unbranched alkanes of at least 4 members (excludes halogenated alkanes) is 2. The van der Waals surface area contributed by atoms with Crippen molar-refractivity contribution < 1.29 is 26.7 Å². The maximum Gasteiger partial charge on any atom is 0.518 e. The molecule has 0 spiro atoms. The summed E-state index contributed by atoms with van der Waals surface area (Å²) in [6.45, 7) is 1.84. The van der Waals surface area contributed by atoms with Gasteiger partial charge in [0.05, 0.1) is 0 Å². The lowest BCUT2D eigenvalue weighted by atomic mass is 10.2. The molecule has 0 aliphatic carbocycles. The zero-order valence-corrected chi connectivity index (χ0v) is 8.86. The van der Waals surface area contributed by atoms with Gasteiger partial charge in [-0.2, -0.15) is 26.0 Å². The van der Waals surface area contributed by atoms with Gasteiger partial charge in [0.15, 0.2) is 0 Å². The van der Waals surface area contributed by atoms with Crippen molar-refractivity contribution in [2.75, 3.05) is 0 Å². The number of halogens is 3. The maximum atomic E-state index is 11.7. The Labute approximate surface area is 85.9 Å². The Morgan fingerprint density at radius 2 is 1.87 bits per heavy atom. The Kier molecular flexibility index (Phi) is 5.06. The van der Waals surface area contributed by atoms with Gasteiger partial charge in [-0.15, -0.1) is 0 Å². The van der Waals surface area contributed by atoms with Crippen LogP contribution in [0.25, 0.3) is 0 Å². The van der Waals surface area contributed by atoms with Crippen LogP contribution < -0.4 is 5.11 Å².